The molecule has 0 saturated carbocycles. The van der Waals surface area contributed by atoms with E-state index in [2.05, 4.69) is 71.7 Å². The van der Waals surface area contributed by atoms with Gasteiger partial charge in [0.2, 0.25) is 11.8 Å². The van der Waals surface area contributed by atoms with Crippen molar-refractivity contribution >= 4 is 83.7 Å². The number of allylic oxidation sites excluding steroid dienone is 1. The number of benzene rings is 4. The molecule has 4 heterocycles. The van der Waals surface area contributed by atoms with Crippen molar-refractivity contribution < 1.29 is 44.4 Å². The number of carbonyl (C=O) groups is 3. The van der Waals surface area contributed by atoms with E-state index in [-0.39, 0.29) is 23.3 Å². The third-order valence-electron chi connectivity index (χ3n) is 15.2. The fraction of sp³-hybridized carbons (Fsp3) is 0.421. The number of amides is 3. The Balaban J connectivity index is 0.826. The number of imide groups is 1. The number of piperazine rings is 2. The minimum atomic E-state index is -6.13. The maximum atomic E-state index is 14.5. The Morgan fingerprint density at radius 3 is 2.21 bits per heavy atom. The molecule has 24 heteroatoms. The number of rotatable bonds is 20. The number of aromatic nitrogens is 2. The first-order chi connectivity index (χ1) is 38.6. The molecule has 4 N–H and O–H groups in total. The molecule has 1 unspecified atom stereocenters. The normalized spacial score (nSPS) is 19.2. The fourth-order valence-corrected chi connectivity index (χ4v) is 13.8. The van der Waals surface area contributed by atoms with Gasteiger partial charge in [-0.05, 0) is 127 Å². The highest BCUT2D eigenvalue weighted by Crippen LogP contribution is 2.43. The molecule has 2 atom stereocenters. The standard InChI is InChI=1S/C57H66ClF3N10O7S3/c1-56(2)22-20-48(40-8-12-43(58)13-9-40)42(34-56)37-70-28-30-71(31-29-70)45-14-10-41(11-15-45)54(73)67-81(77,78)47-16-17-49(51(33-47)80(75,76)57(59,60)61)63-44(38-79-46-6-4-3-5-7-46)21-23-68-24-26-69(27-25-68)36-39-32-52(66-62-35-39)64-50-18-19-53(72)65-55(50)74/h3-17,32-33,35,44,50,63H,18-31,34,36-38H2,1-2H3,(H,64,66)(H,67,73)(H,65,72,74)/t44-,50?/m1/s1. The Hall–Kier alpha value is -6.08. The number of anilines is 3. The van der Waals surface area contributed by atoms with Gasteiger partial charge in [-0.3, -0.25) is 29.5 Å². The maximum absolute atomic E-state index is 14.5. The molecule has 3 amide bonds. The average molecular weight is 1190 g/mol. The van der Waals surface area contributed by atoms with E-state index >= 15 is 0 Å². The summed E-state index contributed by atoms with van der Waals surface area (Å²) in [5.41, 5.74) is -0.325. The SMILES string of the molecule is CC1(C)CCC(c2ccc(Cl)cc2)=C(CN2CCN(c3ccc(C(=O)NS(=O)(=O)c4ccc(N[C@H](CCN5CCN(Cc6cnnc(NC7CCC(=O)NC7=O)c6)CC5)CSc5ccccc5)c(S(=O)(=O)C(F)(F)F)c4)cc3)CC2)C1. The van der Waals surface area contributed by atoms with Crippen LogP contribution in [0.15, 0.2) is 130 Å². The first-order valence-electron chi connectivity index (χ1n) is 27.0. The molecule has 4 aromatic carbocycles. The Labute approximate surface area is 480 Å². The molecule has 0 radical (unpaired) electrons. The zero-order chi connectivity index (χ0) is 57.5. The van der Waals surface area contributed by atoms with Crippen LogP contribution < -0.4 is 25.6 Å². The number of hydrogen-bond donors (Lipinski definition) is 4. The first-order valence-corrected chi connectivity index (χ1v) is 31.3. The minimum absolute atomic E-state index is 0.0228. The van der Waals surface area contributed by atoms with Crippen molar-refractivity contribution in [3.05, 3.63) is 137 Å². The van der Waals surface area contributed by atoms with Crippen molar-refractivity contribution in [2.24, 2.45) is 5.41 Å². The summed E-state index contributed by atoms with van der Waals surface area (Å²) in [6.07, 6.45) is 5.70. The van der Waals surface area contributed by atoms with E-state index in [1.807, 2.05) is 53.3 Å². The average Bonchev–Trinajstić information content (AvgIpc) is 3.56. The Morgan fingerprint density at radius 2 is 1.52 bits per heavy atom. The zero-order valence-electron chi connectivity index (χ0n) is 45.1. The minimum Gasteiger partial charge on any atom is -0.380 e. The highest BCUT2D eigenvalue weighted by molar-refractivity contribution is 7.99. The van der Waals surface area contributed by atoms with E-state index in [9.17, 15) is 44.4 Å². The third kappa shape index (κ3) is 15.5. The van der Waals surface area contributed by atoms with Crippen LogP contribution >= 0.6 is 23.4 Å². The van der Waals surface area contributed by atoms with Gasteiger partial charge < -0.3 is 20.4 Å². The molecule has 4 aliphatic rings. The second kappa shape index (κ2) is 25.6. The van der Waals surface area contributed by atoms with Crippen LogP contribution in [0.5, 0.6) is 0 Å². The van der Waals surface area contributed by atoms with Crippen LogP contribution in [0.25, 0.3) is 5.57 Å². The van der Waals surface area contributed by atoms with Gasteiger partial charge in [-0.2, -0.15) is 18.3 Å². The number of piperidine rings is 1. The van der Waals surface area contributed by atoms with Crippen LogP contribution in [0.4, 0.5) is 30.4 Å². The molecule has 3 saturated heterocycles. The van der Waals surface area contributed by atoms with Gasteiger partial charge >= 0.3 is 5.51 Å². The lowest BCUT2D eigenvalue weighted by atomic mass is 9.73. The second-order valence-corrected chi connectivity index (χ2v) is 26.9. The van der Waals surface area contributed by atoms with Crippen molar-refractivity contribution in [2.75, 3.05) is 86.7 Å². The van der Waals surface area contributed by atoms with Crippen molar-refractivity contribution in [1.82, 2.24) is 34.9 Å². The number of carbonyl (C=O) groups excluding carboxylic acids is 3. The fourth-order valence-electron chi connectivity index (χ4n) is 10.7. The number of alkyl halides is 3. The van der Waals surface area contributed by atoms with E-state index in [4.69, 9.17) is 11.6 Å². The number of nitrogens with zero attached hydrogens (tertiary/aromatic N) is 6. The maximum Gasteiger partial charge on any atom is 0.501 e. The van der Waals surface area contributed by atoms with Crippen molar-refractivity contribution in [2.45, 2.75) is 91.2 Å². The van der Waals surface area contributed by atoms with E-state index in [1.165, 1.54) is 40.6 Å². The summed E-state index contributed by atoms with van der Waals surface area (Å²) >= 11 is 7.64. The van der Waals surface area contributed by atoms with Gasteiger partial charge in [0.15, 0.2) is 0 Å². The van der Waals surface area contributed by atoms with Crippen LogP contribution in [-0.2, 0) is 36.0 Å². The predicted octanol–water partition coefficient (Wildman–Crippen LogP) is 8.33. The lowest BCUT2D eigenvalue weighted by molar-refractivity contribution is -0.133. The number of thioether (sulfide) groups is 1. The first kappa shape index (κ1) is 59.5. The smallest absolute Gasteiger partial charge is 0.380 e. The highest BCUT2D eigenvalue weighted by atomic mass is 35.5. The van der Waals surface area contributed by atoms with Crippen LogP contribution in [0, 0.1) is 5.41 Å². The Kier molecular flexibility index (Phi) is 18.8. The molecule has 432 valence electrons. The van der Waals surface area contributed by atoms with Gasteiger partial charge in [-0.25, -0.2) is 21.6 Å². The molecular weight excluding hydrogens is 1130 g/mol. The lowest BCUT2D eigenvalue weighted by Crippen LogP contribution is -2.47. The summed E-state index contributed by atoms with van der Waals surface area (Å²) < 4.78 is 99.5. The van der Waals surface area contributed by atoms with Crippen LogP contribution in [-0.4, -0.2) is 148 Å². The number of halogens is 4. The lowest BCUT2D eigenvalue weighted by Gasteiger charge is -2.39. The van der Waals surface area contributed by atoms with Gasteiger partial charge in [0, 0.05) is 111 Å². The summed E-state index contributed by atoms with van der Waals surface area (Å²) in [7, 11) is -11.0. The summed E-state index contributed by atoms with van der Waals surface area (Å²) in [6.45, 7) is 12.2. The van der Waals surface area contributed by atoms with Gasteiger partial charge in [0.05, 0.1) is 16.8 Å². The third-order valence-corrected chi connectivity index (χ3v) is 19.5. The van der Waals surface area contributed by atoms with Crippen LogP contribution in [0.2, 0.25) is 5.02 Å². The highest BCUT2D eigenvalue weighted by Gasteiger charge is 2.48. The molecule has 81 heavy (non-hydrogen) atoms. The molecule has 3 aliphatic heterocycles. The molecular formula is C57H66ClF3N10O7S3. The van der Waals surface area contributed by atoms with Gasteiger partial charge in [-0.1, -0.05) is 61.4 Å². The predicted molar refractivity (Wildman–Crippen MR) is 308 cm³/mol. The summed E-state index contributed by atoms with van der Waals surface area (Å²) in [6, 6.07) is 26.8. The largest absolute Gasteiger partial charge is 0.501 e. The molecule has 17 nitrogen and oxygen atoms in total. The number of sulfonamides is 1. The zero-order valence-corrected chi connectivity index (χ0v) is 48.3. The summed E-state index contributed by atoms with van der Waals surface area (Å²) in [5.74, 6) is -1.05. The summed E-state index contributed by atoms with van der Waals surface area (Å²) in [4.78, 5) is 45.2. The van der Waals surface area contributed by atoms with Gasteiger partial charge in [-0.15, -0.1) is 16.9 Å². The number of hydrogen-bond acceptors (Lipinski definition) is 16. The van der Waals surface area contributed by atoms with Crippen molar-refractivity contribution in [3.63, 3.8) is 0 Å². The monoisotopic (exact) mass is 1190 g/mol. The number of nitrogens with one attached hydrogen (secondary N) is 4. The molecule has 1 aliphatic carbocycles. The summed E-state index contributed by atoms with van der Waals surface area (Å²) in [5, 5.41) is 17.3. The molecule has 3 fully saturated rings. The molecule has 5 aromatic rings. The van der Waals surface area contributed by atoms with E-state index in [1.54, 1.807) is 18.3 Å². The van der Waals surface area contributed by atoms with Gasteiger partial charge in [0.1, 0.15) is 16.8 Å². The van der Waals surface area contributed by atoms with Crippen LogP contribution in [0.1, 0.15) is 73.9 Å². The van der Waals surface area contributed by atoms with E-state index in [0.717, 1.165) is 80.3 Å². The van der Waals surface area contributed by atoms with E-state index < -0.39 is 64.7 Å². The van der Waals surface area contributed by atoms with Crippen molar-refractivity contribution in [3.8, 4) is 0 Å². The molecule has 0 spiro atoms. The van der Waals surface area contributed by atoms with E-state index in [0.29, 0.717) is 74.8 Å². The van der Waals surface area contributed by atoms with Gasteiger partial charge in [0.25, 0.3) is 25.8 Å². The molecule has 9 rings (SSSR count). The Bertz CT molecular complexity index is 3330. The molecule has 1 aromatic heterocycles. The molecule has 0 bridgehead atoms. The van der Waals surface area contributed by atoms with Crippen molar-refractivity contribution in [1.29, 1.82) is 0 Å². The Morgan fingerprint density at radius 1 is 0.840 bits per heavy atom. The topological polar surface area (TPSA) is 206 Å². The second-order valence-electron chi connectivity index (χ2n) is 21.8. The van der Waals surface area contributed by atoms with Crippen LogP contribution in [0.3, 0.4) is 0 Å². The number of sulfone groups is 1. The quantitative estimate of drug-likeness (QED) is 0.0427.